The highest BCUT2D eigenvalue weighted by Gasteiger charge is 2.29. The average molecular weight is 344 g/mol. The predicted octanol–water partition coefficient (Wildman–Crippen LogP) is 2.75. The standard InChI is InChI=1S/C17H24N6O2/c1-22-16(9-13(21-22)15-6-4-8-25-15)20-17(24)23-7-3-2-5-14(23)12-10-18-19-11-12/h9-11,14-15H,2-8H2,1H3,(H,18,19)(H,20,24)/t14-,15+/m1/s1. The number of piperidine rings is 1. The molecule has 0 aromatic carbocycles. The van der Waals surface area contributed by atoms with Crippen molar-refractivity contribution in [3.05, 3.63) is 29.7 Å². The zero-order valence-corrected chi connectivity index (χ0v) is 14.4. The van der Waals surface area contributed by atoms with E-state index in [-0.39, 0.29) is 18.2 Å². The maximum Gasteiger partial charge on any atom is 0.323 e. The Balaban J connectivity index is 1.49. The molecule has 2 aromatic heterocycles. The van der Waals surface area contributed by atoms with E-state index in [4.69, 9.17) is 4.74 Å². The number of anilines is 1. The smallest absolute Gasteiger partial charge is 0.323 e. The Morgan fingerprint density at radius 1 is 1.36 bits per heavy atom. The van der Waals surface area contributed by atoms with Crippen LogP contribution in [0, 0.1) is 0 Å². The van der Waals surface area contributed by atoms with Gasteiger partial charge in [-0.3, -0.25) is 15.1 Å². The normalized spacial score (nSPS) is 23.8. The van der Waals surface area contributed by atoms with Crippen molar-refractivity contribution in [1.82, 2.24) is 24.9 Å². The minimum absolute atomic E-state index is 0.0468. The van der Waals surface area contributed by atoms with Gasteiger partial charge in [0.15, 0.2) is 0 Å². The summed E-state index contributed by atoms with van der Waals surface area (Å²) in [6, 6.07) is 1.90. The van der Waals surface area contributed by atoms with Gasteiger partial charge in [-0.1, -0.05) is 0 Å². The van der Waals surface area contributed by atoms with Gasteiger partial charge in [-0.15, -0.1) is 0 Å². The highest BCUT2D eigenvalue weighted by atomic mass is 16.5. The summed E-state index contributed by atoms with van der Waals surface area (Å²) >= 11 is 0. The van der Waals surface area contributed by atoms with E-state index in [1.165, 1.54) is 0 Å². The van der Waals surface area contributed by atoms with E-state index in [1.54, 1.807) is 10.9 Å². The lowest BCUT2D eigenvalue weighted by molar-refractivity contribution is 0.108. The van der Waals surface area contributed by atoms with Crippen molar-refractivity contribution in [3.63, 3.8) is 0 Å². The summed E-state index contributed by atoms with van der Waals surface area (Å²) in [6.07, 6.45) is 8.86. The molecule has 0 radical (unpaired) electrons. The zero-order chi connectivity index (χ0) is 17.2. The summed E-state index contributed by atoms with van der Waals surface area (Å²) < 4.78 is 7.40. The Kier molecular flexibility index (Phi) is 4.44. The van der Waals surface area contributed by atoms with Crippen LogP contribution in [0.5, 0.6) is 0 Å². The molecule has 2 aliphatic heterocycles. The summed E-state index contributed by atoms with van der Waals surface area (Å²) in [5.74, 6) is 0.701. The molecule has 2 amide bonds. The number of carbonyl (C=O) groups excluding carboxylic acids is 1. The number of nitrogens with zero attached hydrogens (tertiary/aromatic N) is 4. The molecule has 2 fully saturated rings. The maximum atomic E-state index is 12.9. The monoisotopic (exact) mass is 344 g/mol. The van der Waals surface area contributed by atoms with E-state index < -0.39 is 0 Å². The summed E-state index contributed by atoms with van der Waals surface area (Å²) in [7, 11) is 1.85. The second kappa shape index (κ2) is 6.87. The average Bonchev–Trinajstić information content (AvgIpc) is 3.37. The highest BCUT2D eigenvalue weighted by molar-refractivity contribution is 5.88. The fraction of sp³-hybridized carbons (Fsp3) is 0.588. The molecule has 2 atom stereocenters. The molecule has 2 N–H and O–H groups in total. The molecule has 2 saturated heterocycles. The molecule has 8 heteroatoms. The molecular formula is C17H24N6O2. The first-order valence-electron chi connectivity index (χ1n) is 8.94. The van der Waals surface area contributed by atoms with Crippen molar-refractivity contribution in [3.8, 4) is 0 Å². The molecule has 0 unspecified atom stereocenters. The van der Waals surface area contributed by atoms with Crippen molar-refractivity contribution in [2.24, 2.45) is 7.05 Å². The van der Waals surface area contributed by atoms with Crippen LogP contribution in [0.3, 0.4) is 0 Å². The van der Waals surface area contributed by atoms with E-state index in [0.717, 1.165) is 56.5 Å². The van der Waals surface area contributed by atoms with Crippen LogP contribution in [0.4, 0.5) is 10.6 Å². The van der Waals surface area contributed by atoms with Gasteiger partial charge in [0.2, 0.25) is 0 Å². The molecule has 0 spiro atoms. The van der Waals surface area contributed by atoms with E-state index >= 15 is 0 Å². The van der Waals surface area contributed by atoms with Crippen molar-refractivity contribution >= 4 is 11.8 Å². The van der Waals surface area contributed by atoms with Gasteiger partial charge in [-0.05, 0) is 32.1 Å². The number of urea groups is 1. The Bertz CT molecular complexity index is 720. The van der Waals surface area contributed by atoms with Gasteiger partial charge in [0, 0.05) is 38.0 Å². The number of aromatic nitrogens is 4. The van der Waals surface area contributed by atoms with Crippen LogP contribution in [-0.2, 0) is 11.8 Å². The minimum atomic E-state index is -0.0900. The van der Waals surface area contributed by atoms with Crippen LogP contribution in [0.1, 0.15) is 55.5 Å². The number of nitrogens with one attached hydrogen (secondary N) is 2. The zero-order valence-electron chi connectivity index (χ0n) is 14.4. The number of carbonyl (C=O) groups is 1. The topological polar surface area (TPSA) is 88.1 Å². The number of rotatable bonds is 3. The Labute approximate surface area is 146 Å². The molecule has 4 rings (SSSR count). The Hall–Kier alpha value is -2.35. The SMILES string of the molecule is Cn1nc([C@@H]2CCCO2)cc1NC(=O)N1CCCC[C@@H]1c1cn[nH]c1. The van der Waals surface area contributed by atoms with Crippen molar-refractivity contribution < 1.29 is 9.53 Å². The fourth-order valence-electron chi connectivity index (χ4n) is 3.72. The lowest BCUT2D eigenvalue weighted by Gasteiger charge is -2.35. The molecule has 2 aromatic rings. The van der Waals surface area contributed by atoms with Crippen LogP contribution < -0.4 is 5.32 Å². The van der Waals surface area contributed by atoms with Crippen molar-refractivity contribution in [2.75, 3.05) is 18.5 Å². The van der Waals surface area contributed by atoms with E-state index in [0.29, 0.717) is 5.82 Å². The van der Waals surface area contributed by atoms with Crippen molar-refractivity contribution in [2.45, 2.75) is 44.2 Å². The third-order valence-corrected chi connectivity index (χ3v) is 5.06. The van der Waals surface area contributed by atoms with Gasteiger partial charge in [0.25, 0.3) is 0 Å². The quantitative estimate of drug-likeness (QED) is 0.896. The first kappa shape index (κ1) is 16.1. The van der Waals surface area contributed by atoms with Crippen LogP contribution in [0.2, 0.25) is 0 Å². The van der Waals surface area contributed by atoms with Crippen LogP contribution in [0.15, 0.2) is 18.5 Å². The summed E-state index contributed by atoms with van der Waals surface area (Å²) in [4.78, 5) is 14.8. The predicted molar refractivity (Wildman–Crippen MR) is 92.0 cm³/mol. The number of H-pyrrole nitrogens is 1. The van der Waals surface area contributed by atoms with E-state index in [1.807, 2.05) is 24.2 Å². The molecule has 0 saturated carbocycles. The molecule has 8 nitrogen and oxygen atoms in total. The van der Waals surface area contributed by atoms with Crippen LogP contribution >= 0.6 is 0 Å². The second-order valence-electron chi connectivity index (χ2n) is 6.75. The number of hydrogen-bond donors (Lipinski definition) is 2. The third kappa shape index (κ3) is 3.26. The Morgan fingerprint density at radius 2 is 2.28 bits per heavy atom. The van der Waals surface area contributed by atoms with Gasteiger partial charge in [0.1, 0.15) is 11.9 Å². The number of aryl methyl sites for hydroxylation is 1. The number of hydrogen-bond acceptors (Lipinski definition) is 4. The molecule has 134 valence electrons. The van der Waals surface area contributed by atoms with Gasteiger partial charge >= 0.3 is 6.03 Å². The molecule has 4 heterocycles. The fourth-order valence-corrected chi connectivity index (χ4v) is 3.72. The number of likely N-dealkylation sites (tertiary alicyclic amines) is 1. The van der Waals surface area contributed by atoms with Gasteiger partial charge in [-0.2, -0.15) is 10.2 Å². The number of aromatic amines is 1. The largest absolute Gasteiger partial charge is 0.372 e. The van der Waals surface area contributed by atoms with Crippen LogP contribution in [-0.4, -0.2) is 44.1 Å². The second-order valence-corrected chi connectivity index (χ2v) is 6.75. The molecule has 0 bridgehead atoms. The molecule has 2 aliphatic rings. The molecule has 0 aliphatic carbocycles. The minimum Gasteiger partial charge on any atom is -0.372 e. The first-order valence-corrected chi connectivity index (χ1v) is 8.94. The lowest BCUT2D eigenvalue weighted by atomic mass is 9.98. The summed E-state index contributed by atoms with van der Waals surface area (Å²) in [5, 5.41) is 14.4. The summed E-state index contributed by atoms with van der Waals surface area (Å²) in [6.45, 7) is 1.53. The first-order chi connectivity index (χ1) is 12.2. The van der Waals surface area contributed by atoms with E-state index in [2.05, 4.69) is 20.6 Å². The lowest BCUT2D eigenvalue weighted by Crippen LogP contribution is -2.41. The number of amides is 2. The molecule has 25 heavy (non-hydrogen) atoms. The van der Waals surface area contributed by atoms with Crippen LogP contribution in [0.25, 0.3) is 0 Å². The highest BCUT2D eigenvalue weighted by Crippen LogP contribution is 2.32. The Morgan fingerprint density at radius 3 is 3.04 bits per heavy atom. The van der Waals surface area contributed by atoms with Crippen molar-refractivity contribution in [1.29, 1.82) is 0 Å². The van der Waals surface area contributed by atoms with Gasteiger partial charge < -0.3 is 9.64 Å². The number of ether oxygens (including phenoxy) is 1. The third-order valence-electron chi connectivity index (χ3n) is 5.06. The van der Waals surface area contributed by atoms with Gasteiger partial charge in [-0.25, -0.2) is 4.79 Å². The maximum absolute atomic E-state index is 12.9. The van der Waals surface area contributed by atoms with E-state index in [9.17, 15) is 4.79 Å². The van der Waals surface area contributed by atoms with Gasteiger partial charge in [0.05, 0.1) is 17.9 Å². The summed E-state index contributed by atoms with van der Waals surface area (Å²) in [5.41, 5.74) is 1.94. The molecular weight excluding hydrogens is 320 g/mol.